The van der Waals surface area contributed by atoms with Gasteiger partial charge in [0.15, 0.2) is 0 Å². The van der Waals surface area contributed by atoms with E-state index in [0.29, 0.717) is 5.82 Å². The lowest BCUT2D eigenvalue weighted by Crippen LogP contribution is -2.19. The normalized spacial score (nSPS) is 12.3. The van der Waals surface area contributed by atoms with Crippen LogP contribution in [0.15, 0.2) is 0 Å². The molecule has 0 saturated heterocycles. The minimum atomic E-state index is -0.450. The van der Waals surface area contributed by atoms with Crippen molar-refractivity contribution in [2.45, 2.75) is 53.1 Å². The lowest BCUT2D eigenvalue weighted by Gasteiger charge is -2.15. The van der Waals surface area contributed by atoms with Crippen LogP contribution in [0.5, 0.6) is 0 Å². The zero-order chi connectivity index (χ0) is 14.6. The molecule has 1 aromatic heterocycles. The van der Waals surface area contributed by atoms with E-state index in [0.717, 1.165) is 6.42 Å². The van der Waals surface area contributed by atoms with Crippen LogP contribution in [0.3, 0.4) is 0 Å². The molecule has 0 saturated carbocycles. The van der Waals surface area contributed by atoms with Crippen LogP contribution >= 0.6 is 0 Å². The van der Waals surface area contributed by atoms with Gasteiger partial charge in [-0.1, -0.05) is 6.92 Å². The Hall–Kier alpha value is -1.92. The Morgan fingerprint density at radius 3 is 2.16 bits per heavy atom. The molecule has 0 bridgehead atoms. The van der Waals surface area contributed by atoms with Crippen LogP contribution < -0.4 is 10.6 Å². The molecule has 0 aliphatic rings. The summed E-state index contributed by atoms with van der Waals surface area (Å²) in [6.07, 6.45) is 0.854. The topological polar surface area (TPSA) is 93.0 Å². The van der Waals surface area contributed by atoms with Crippen LogP contribution in [0.1, 0.15) is 39.9 Å². The number of aromatic nitrogens is 2. The van der Waals surface area contributed by atoms with Crippen molar-refractivity contribution >= 4 is 17.3 Å². The van der Waals surface area contributed by atoms with Crippen LogP contribution in [0.25, 0.3) is 0 Å². The number of hydrogen-bond donors (Lipinski definition) is 2. The van der Waals surface area contributed by atoms with E-state index in [4.69, 9.17) is 0 Å². The monoisotopic (exact) mass is 267 g/mol. The summed E-state index contributed by atoms with van der Waals surface area (Å²) in [6.45, 7) is 9.49. The molecule has 0 radical (unpaired) electrons. The average Bonchev–Trinajstić information content (AvgIpc) is 2.26. The molecular formula is C12H21N5O2. The molecule has 0 amide bonds. The summed E-state index contributed by atoms with van der Waals surface area (Å²) in [4.78, 5) is 19.1. The Balaban J connectivity index is 3.27. The molecular weight excluding hydrogens is 246 g/mol. The van der Waals surface area contributed by atoms with Gasteiger partial charge >= 0.3 is 5.69 Å². The van der Waals surface area contributed by atoms with Crippen molar-refractivity contribution in [2.24, 2.45) is 0 Å². The predicted octanol–water partition coefficient (Wildman–Crippen LogP) is 2.72. The number of nitrogens with zero attached hydrogens (tertiary/aromatic N) is 3. The predicted molar refractivity (Wildman–Crippen MR) is 75.6 cm³/mol. The fourth-order valence-electron chi connectivity index (χ4n) is 1.55. The molecule has 2 N–H and O–H groups in total. The van der Waals surface area contributed by atoms with Crippen molar-refractivity contribution in [3.05, 3.63) is 15.9 Å². The largest absolute Gasteiger partial charge is 0.362 e. The van der Waals surface area contributed by atoms with E-state index >= 15 is 0 Å². The van der Waals surface area contributed by atoms with Crippen LogP contribution in [0.2, 0.25) is 0 Å². The first-order valence-electron chi connectivity index (χ1n) is 6.41. The number of aryl methyl sites for hydroxylation is 1. The molecule has 7 heteroatoms. The molecule has 1 heterocycles. The zero-order valence-electron chi connectivity index (χ0n) is 12.0. The summed E-state index contributed by atoms with van der Waals surface area (Å²) >= 11 is 0. The first-order chi connectivity index (χ1) is 8.85. The highest BCUT2D eigenvalue weighted by Gasteiger charge is 2.25. The minimum absolute atomic E-state index is 0.0597. The Morgan fingerprint density at radius 2 is 1.74 bits per heavy atom. The first kappa shape index (κ1) is 15.1. The van der Waals surface area contributed by atoms with Crippen molar-refractivity contribution in [3.8, 4) is 0 Å². The third-order valence-electron chi connectivity index (χ3n) is 2.60. The molecule has 0 aromatic carbocycles. The molecule has 0 aliphatic carbocycles. The van der Waals surface area contributed by atoms with Gasteiger partial charge < -0.3 is 10.6 Å². The molecule has 106 valence electrons. The van der Waals surface area contributed by atoms with Gasteiger partial charge in [-0.05, 0) is 34.1 Å². The molecule has 1 rings (SSSR count). The Bertz CT molecular complexity index is 462. The Morgan fingerprint density at radius 1 is 1.21 bits per heavy atom. The number of nitro groups is 1. The average molecular weight is 267 g/mol. The van der Waals surface area contributed by atoms with Gasteiger partial charge in [-0.2, -0.15) is 0 Å². The summed E-state index contributed by atoms with van der Waals surface area (Å²) < 4.78 is 0. The zero-order valence-corrected chi connectivity index (χ0v) is 12.0. The molecule has 0 fully saturated rings. The first-order valence-corrected chi connectivity index (χ1v) is 6.41. The Labute approximate surface area is 113 Å². The van der Waals surface area contributed by atoms with Gasteiger partial charge in [0, 0.05) is 12.1 Å². The second-order valence-electron chi connectivity index (χ2n) is 4.83. The SMILES string of the molecule is CCC(C)Nc1nc(C)nc(NC(C)C)c1[N+](=O)[O-]. The minimum Gasteiger partial charge on any atom is -0.362 e. The van der Waals surface area contributed by atoms with Gasteiger partial charge in [0.2, 0.25) is 11.6 Å². The van der Waals surface area contributed by atoms with Crippen molar-refractivity contribution in [1.82, 2.24) is 9.97 Å². The smallest absolute Gasteiger partial charge is 0.353 e. The lowest BCUT2D eigenvalue weighted by molar-refractivity contribution is -0.383. The molecule has 0 spiro atoms. The number of rotatable bonds is 6. The standard InChI is InChI=1S/C12H21N5O2/c1-6-8(4)14-12-10(17(18)19)11(13-7(2)3)15-9(5)16-12/h7-8H,6H2,1-5H3,(H2,13,14,15,16). The van der Waals surface area contributed by atoms with Crippen molar-refractivity contribution in [1.29, 1.82) is 0 Å². The highest BCUT2D eigenvalue weighted by Crippen LogP contribution is 2.30. The van der Waals surface area contributed by atoms with E-state index in [1.807, 2.05) is 27.7 Å². The van der Waals surface area contributed by atoms with E-state index in [1.54, 1.807) is 6.92 Å². The highest BCUT2D eigenvalue weighted by molar-refractivity contribution is 5.70. The maximum Gasteiger partial charge on any atom is 0.353 e. The van der Waals surface area contributed by atoms with E-state index in [1.165, 1.54) is 0 Å². The molecule has 19 heavy (non-hydrogen) atoms. The second kappa shape index (κ2) is 6.31. The lowest BCUT2D eigenvalue weighted by atomic mass is 10.2. The van der Waals surface area contributed by atoms with Crippen LogP contribution in [0, 0.1) is 17.0 Å². The second-order valence-corrected chi connectivity index (χ2v) is 4.83. The van der Waals surface area contributed by atoms with E-state index in [-0.39, 0.29) is 29.4 Å². The Kier molecular flexibility index (Phi) is 5.02. The quantitative estimate of drug-likeness (QED) is 0.608. The van der Waals surface area contributed by atoms with E-state index in [2.05, 4.69) is 20.6 Å². The molecule has 0 aliphatic heterocycles. The molecule has 7 nitrogen and oxygen atoms in total. The van der Waals surface area contributed by atoms with Crippen LogP contribution in [0.4, 0.5) is 17.3 Å². The fraction of sp³-hybridized carbons (Fsp3) is 0.667. The van der Waals surface area contributed by atoms with Gasteiger partial charge in [-0.3, -0.25) is 10.1 Å². The summed E-state index contributed by atoms with van der Waals surface area (Å²) in [6, 6.07) is 0.171. The van der Waals surface area contributed by atoms with Gasteiger partial charge in [0.1, 0.15) is 5.82 Å². The summed E-state index contributed by atoms with van der Waals surface area (Å²) in [5.41, 5.74) is -0.0976. The van der Waals surface area contributed by atoms with E-state index in [9.17, 15) is 10.1 Å². The van der Waals surface area contributed by atoms with Crippen molar-refractivity contribution in [2.75, 3.05) is 10.6 Å². The highest BCUT2D eigenvalue weighted by atomic mass is 16.6. The maximum atomic E-state index is 11.3. The maximum absolute atomic E-state index is 11.3. The fourth-order valence-corrected chi connectivity index (χ4v) is 1.55. The van der Waals surface area contributed by atoms with Gasteiger partial charge in [0.25, 0.3) is 0 Å². The van der Waals surface area contributed by atoms with Crippen molar-refractivity contribution < 1.29 is 4.92 Å². The van der Waals surface area contributed by atoms with Crippen molar-refractivity contribution in [3.63, 3.8) is 0 Å². The summed E-state index contributed by atoms with van der Waals surface area (Å²) in [5, 5.41) is 17.3. The van der Waals surface area contributed by atoms with Gasteiger partial charge in [0.05, 0.1) is 4.92 Å². The number of anilines is 2. The molecule has 1 atom stereocenters. The van der Waals surface area contributed by atoms with E-state index < -0.39 is 4.92 Å². The summed E-state index contributed by atoms with van der Waals surface area (Å²) in [7, 11) is 0. The third-order valence-corrected chi connectivity index (χ3v) is 2.60. The molecule has 1 aromatic rings. The number of hydrogen-bond acceptors (Lipinski definition) is 6. The summed E-state index contributed by atoms with van der Waals surface area (Å²) in [5.74, 6) is 1.04. The van der Waals surface area contributed by atoms with Gasteiger partial charge in [-0.25, -0.2) is 9.97 Å². The third kappa shape index (κ3) is 4.04. The number of nitrogens with one attached hydrogen (secondary N) is 2. The molecule has 1 unspecified atom stereocenters. The van der Waals surface area contributed by atoms with Crippen LogP contribution in [-0.2, 0) is 0 Å². The van der Waals surface area contributed by atoms with Crippen LogP contribution in [-0.4, -0.2) is 27.0 Å². The van der Waals surface area contributed by atoms with Gasteiger partial charge in [-0.15, -0.1) is 0 Å².